The predicted octanol–water partition coefficient (Wildman–Crippen LogP) is 3.04. The average molecular weight is 376 g/mol. The van der Waals surface area contributed by atoms with E-state index in [2.05, 4.69) is 39.2 Å². The molecular formula is C22H33NO4. The number of benzene rings is 1. The van der Waals surface area contributed by atoms with Crippen molar-refractivity contribution in [2.24, 2.45) is 0 Å². The number of carbonyl (C=O) groups is 1. The Labute approximate surface area is 162 Å². The molecule has 0 aliphatic carbocycles. The van der Waals surface area contributed by atoms with E-state index in [9.17, 15) is 15.0 Å². The molecule has 1 aromatic carbocycles. The van der Waals surface area contributed by atoms with Gasteiger partial charge in [0.2, 0.25) is 0 Å². The lowest BCUT2D eigenvalue weighted by molar-refractivity contribution is -0.129. The van der Waals surface area contributed by atoms with Gasteiger partial charge in [-0.15, -0.1) is 0 Å². The third-order valence-electron chi connectivity index (χ3n) is 5.82. The minimum atomic E-state index is -0.599. The van der Waals surface area contributed by atoms with Gasteiger partial charge < -0.3 is 14.9 Å². The van der Waals surface area contributed by atoms with Crippen molar-refractivity contribution in [2.75, 3.05) is 13.2 Å². The number of carbonyl (C=O) groups excluding carboxylic acids is 1. The van der Waals surface area contributed by atoms with Crippen molar-refractivity contribution in [1.29, 1.82) is 0 Å². The van der Waals surface area contributed by atoms with Crippen molar-refractivity contribution in [3.05, 3.63) is 42.0 Å². The van der Waals surface area contributed by atoms with Crippen molar-refractivity contribution in [3.8, 4) is 5.75 Å². The van der Waals surface area contributed by atoms with Gasteiger partial charge in [0.25, 0.3) is 0 Å². The highest BCUT2D eigenvalue weighted by molar-refractivity contribution is 5.84. The fourth-order valence-electron chi connectivity index (χ4n) is 4.83. The third-order valence-corrected chi connectivity index (χ3v) is 5.82. The van der Waals surface area contributed by atoms with Crippen LogP contribution in [0.4, 0.5) is 0 Å². The van der Waals surface area contributed by atoms with Crippen molar-refractivity contribution >= 4 is 5.97 Å². The highest BCUT2D eigenvalue weighted by atomic mass is 16.5. The Hall–Kier alpha value is -1.69. The Kier molecular flexibility index (Phi) is 6.51. The number of hydrogen-bond acceptors (Lipinski definition) is 5. The van der Waals surface area contributed by atoms with Gasteiger partial charge in [0.05, 0.1) is 12.7 Å². The van der Waals surface area contributed by atoms with E-state index < -0.39 is 17.6 Å². The minimum Gasteiger partial charge on any atom is -0.423 e. The van der Waals surface area contributed by atoms with Crippen LogP contribution in [-0.2, 0) is 11.2 Å². The number of β-amino-alcohol motifs (C(OH)–C–C–N with tert-alkyl or cyclic N) is 1. The maximum absolute atomic E-state index is 12.0. The molecule has 0 bridgehead atoms. The van der Waals surface area contributed by atoms with Gasteiger partial charge in [0.1, 0.15) is 5.75 Å². The lowest BCUT2D eigenvalue weighted by Gasteiger charge is -2.58. The Morgan fingerprint density at radius 1 is 1.37 bits per heavy atom. The van der Waals surface area contributed by atoms with Gasteiger partial charge in [-0.1, -0.05) is 31.7 Å². The average Bonchev–Trinajstić information content (AvgIpc) is 2.58. The summed E-state index contributed by atoms with van der Waals surface area (Å²) < 4.78 is 5.62. The zero-order valence-corrected chi connectivity index (χ0v) is 17.2. The van der Waals surface area contributed by atoms with Gasteiger partial charge in [0.15, 0.2) is 0 Å². The number of para-hydroxylation sites is 1. The topological polar surface area (TPSA) is 70.0 Å². The number of aliphatic hydroxyl groups excluding tert-OH is 2. The third kappa shape index (κ3) is 4.10. The second-order valence-electron chi connectivity index (χ2n) is 8.40. The molecule has 2 unspecified atom stereocenters. The van der Waals surface area contributed by atoms with Crippen LogP contribution < -0.4 is 4.74 Å². The normalized spacial score (nSPS) is 24.4. The first kappa shape index (κ1) is 21.6. The van der Waals surface area contributed by atoms with E-state index in [1.54, 1.807) is 0 Å². The summed E-state index contributed by atoms with van der Waals surface area (Å²) in [4.78, 5) is 14.2. The molecule has 0 spiro atoms. The number of likely N-dealkylation sites (tertiary alicyclic amines) is 1. The SMILES string of the molecule is C=CC(=O)Oc1c(CC)cccc1C1C(O)CC(C)(C)N(CCO)C1(C)C. The van der Waals surface area contributed by atoms with Crippen LogP contribution in [0.3, 0.4) is 0 Å². The second kappa shape index (κ2) is 8.13. The minimum absolute atomic E-state index is 0.0446. The van der Waals surface area contributed by atoms with Crippen LogP contribution in [0, 0.1) is 0 Å². The largest absolute Gasteiger partial charge is 0.423 e. The smallest absolute Gasteiger partial charge is 0.335 e. The van der Waals surface area contributed by atoms with Crippen LogP contribution in [0.25, 0.3) is 0 Å². The van der Waals surface area contributed by atoms with Crippen LogP contribution in [0.5, 0.6) is 5.75 Å². The first-order chi connectivity index (χ1) is 12.6. The summed E-state index contributed by atoms with van der Waals surface area (Å²) in [6.07, 6.45) is 1.83. The molecule has 0 aromatic heterocycles. The fourth-order valence-corrected chi connectivity index (χ4v) is 4.83. The molecule has 2 atom stereocenters. The molecule has 2 N–H and O–H groups in total. The highest BCUT2D eigenvalue weighted by Gasteiger charge is 2.52. The molecule has 5 nitrogen and oxygen atoms in total. The van der Waals surface area contributed by atoms with Crippen molar-refractivity contribution in [3.63, 3.8) is 0 Å². The number of ether oxygens (including phenoxy) is 1. The summed E-state index contributed by atoms with van der Waals surface area (Å²) in [5.74, 6) is -0.255. The number of piperidine rings is 1. The molecule has 0 saturated carbocycles. The van der Waals surface area contributed by atoms with Gasteiger partial charge in [0, 0.05) is 35.2 Å². The van der Waals surface area contributed by atoms with Gasteiger partial charge in [-0.05, 0) is 46.1 Å². The summed E-state index contributed by atoms with van der Waals surface area (Å²) in [6, 6.07) is 5.81. The molecule has 1 saturated heterocycles. The number of esters is 1. The summed E-state index contributed by atoms with van der Waals surface area (Å²) in [5, 5.41) is 20.7. The van der Waals surface area contributed by atoms with Crippen LogP contribution in [0.15, 0.2) is 30.9 Å². The molecule has 1 aromatic rings. The van der Waals surface area contributed by atoms with Gasteiger partial charge >= 0.3 is 5.97 Å². The maximum Gasteiger partial charge on any atom is 0.335 e. The number of aliphatic hydroxyl groups is 2. The zero-order chi connectivity index (χ0) is 20.4. The van der Waals surface area contributed by atoms with Gasteiger partial charge in [-0.3, -0.25) is 4.90 Å². The standard InChI is InChI=1S/C22H33NO4/c1-7-15-10-9-11-16(20(15)27-18(26)8-2)19-17(25)14-21(3,4)23(12-13-24)22(19,5)6/h8-11,17,19,24-25H,2,7,12-14H2,1,3-6H3. The lowest BCUT2D eigenvalue weighted by Crippen LogP contribution is -2.66. The van der Waals surface area contributed by atoms with E-state index in [4.69, 9.17) is 4.74 Å². The predicted molar refractivity (Wildman–Crippen MR) is 107 cm³/mol. The highest BCUT2D eigenvalue weighted by Crippen LogP contribution is 2.49. The molecule has 1 fully saturated rings. The molecule has 0 radical (unpaired) electrons. The van der Waals surface area contributed by atoms with E-state index in [1.807, 2.05) is 25.1 Å². The maximum atomic E-state index is 12.0. The molecule has 27 heavy (non-hydrogen) atoms. The quantitative estimate of drug-likeness (QED) is 0.454. The lowest BCUT2D eigenvalue weighted by atomic mass is 9.67. The van der Waals surface area contributed by atoms with E-state index in [0.29, 0.717) is 25.1 Å². The molecule has 150 valence electrons. The summed E-state index contributed by atoms with van der Waals surface area (Å²) >= 11 is 0. The van der Waals surface area contributed by atoms with Gasteiger partial charge in [-0.25, -0.2) is 4.79 Å². The van der Waals surface area contributed by atoms with Crippen LogP contribution >= 0.6 is 0 Å². The van der Waals surface area contributed by atoms with E-state index in [0.717, 1.165) is 17.2 Å². The Morgan fingerprint density at radius 2 is 2.04 bits per heavy atom. The van der Waals surface area contributed by atoms with Crippen molar-refractivity contribution in [1.82, 2.24) is 4.90 Å². The Morgan fingerprint density at radius 3 is 2.59 bits per heavy atom. The molecule has 1 heterocycles. The Balaban J connectivity index is 2.61. The summed E-state index contributed by atoms with van der Waals surface area (Å²) in [7, 11) is 0. The zero-order valence-electron chi connectivity index (χ0n) is 17.2. The van der Waals surface area contributed by atoms with Crippen LogP contribution in [0.2, 0.25) is 0 Å². The second-order valence-corrected chi connectivity index (χ2v) is 8.40. The number of aryl methyl sites for hydroxylation is 1. The van der Waals surface area contributed by atoms with E-state index in [-0.39, 0.29) is 18.1 Å². The Bertz CT molecular complexity index is 696. The summed E-state index contributed by atoms with van der Waals surface area (Å²) in [6.45, 7) is 14.4. The molecule has 5 heteroatoms. The fraction of sp³-hybridized carbons (Fsp3) is 0.591. The number of hydrogen-bond donors (Lipinski definition) is 2. The van der Waals surface area contributed by atoms with Crippen molar-refractivity contribution < 1.29 is 19.7 Å². The van der Waals surface area contributed by atoms with E-state index >= 15 is 0 Å². The first-order valence-corrected chi connectivity index (χ1v) is 9.62. The molecule has 0 amide bonds. The van der Waals surface area contributed by atoms with Crippen LogP contribution in [-0.4, -0.2) is 51.4 Å². The first-order valence-electron chi connectivity index (χ1n) is 9.62. The van der Waals surface area contributed by atoms with Crippen molar-refractivity contribution in [2.45, 2.75) is 70.6 Å². The molecular weight excluding hydrogens is 342 g/mol. The van der Waals surface area contributed by atoms with E-state index in [1.165, 1.54) is 0 Å². The summed E-state index contributed by atoms with van der Waals surface area (Å²) in [5.41, 5.74) is 1.03. The van der Waals surface area contributed by atoms with Gasteiger partial charge in [-0.2, -0.15) is 0 Å². The molecule has 1 aliphatic rings. The molecule has 2 rings (SSSR count). The van der Waals surface area contributed by atoms with Crippen LogP contribution in [0.1, 0.15) is 58.1 Å². The number of nitrogens with zero attached hydrogens (tertiary/aromatic N) is 1. The number of rotatable bonds is 6. The monoisotopic (exact) mass is 375 g/mol. The molecule has 1 aliphatic heterocycles.